The molecule has 0 radical (unpaired) electrons. The van der Waals surface area contributed by atoms with Gasteiger partial charge in [-0.05, 0) is 47.0 Å². The maximum absolute atomic E-state index is 3.63. The molecule has 0 saturated carbocycles. The third-order valence-electron chi connectivity index (χ3n) is 2.28. The number of nitrogens with one attached hydrogen (secondary N) is 1. The quantitative estimate of drug-likeness (QED) is 0.601. The van der Waals surface area contributed by atoms with E-state index in [4.69, 9.17) is 0 Å². The van der Waals surface area contributed by atoms with Crippen LogP contribution < -0.4 is 24.2 Å². The summed E-state index contributed by atoms with van der Waals surface area (Å²) >= 11 is 0. The second-order valence-corrected chi connectivity index (χ2v) is 4.75. The number of piperidine rings is 1. The summed E-state index contributed by atoms with van der Waals surface area (Å²) in [7, 11) is 0. The summed E-state index contributed by atoms with van der Waals surface area (Å²) in [5, 5.41) is 3.63. The van der Waals surface area contributed by atoms with E-state index < -0.39 is 0 Å². The van der Waals surface area contributed by atoms with E-state index in [0.29, 0.717) is 11.1 Å². The second kappa shape index (κ2) is 8.99. The van der Waals surface area contributed by atoms with Crippen LogP contribution in [-0.2, 0) is 0 Å². The third-order valence-corrected chi connectivity index (χ3v) is 2.28. The molecule has 1 saturated heterocycles. The van der Waals surface area contributed by atoms with Crippen molar-refractivity contribution in [1.29, 1.82) is 0 Å². The van der Waals surface area contributed by atoms with E-state index in [0.717, 1.165) is 0 Å². The molecule has 1 heterocycles. The minimum atomic E-state index is 0. The van der Waals surface area contributed by atoms with Crippen LogP contribution in [0.15, 0.2) is 0 Å². The van der Waals surface area contributed by atoms with Gasteiger partial charge in [-0.2, -0.15) is 0 Å². The smallest absolute Gasteiger partial charge is 1.00 e. The van der Waals surface area contributed by atoms with E-state index in [9.17, 15) is 0 Å². The van der Waals surface area contributed by atoms with Gasteiger partial charge in [-0.15, -0.1) is 24.8 Å². The average molecular weight is 248 g/mol. The summed E-state index contributed by atoms with van der Waals surface area (Å²) in [6.07, 6.45) is 4.00. The van der Waals surface area contributed by atoms with Crippen LogP contribution in [0, 0.1) is 0 Å². The Bertz CT molecular complexity index is 140. The predicted octanol–water partition coefficient (Wildman–Crippen LogP) is 0.121. The Labute approximate surface area is 134 Å². The van der Waals surface area contributed by atoms with Crippen molar-refractivity contribution < 1.29 is 23.1 Å². The monoisotopic (exact) mass is 247 g/mol. The Kier molecular flexibility index (Phi) is 16.0. The van der Waals surface area contributed by atoms with Gasteiger partial charge in [0.05, 0.1) is 0 Å². The Hall–Kier alpha value is 1.90. The Morgan fingerprint density at radius 1 is 0.929 bits per heavy atom. The van der Waals surface area contributed by atoms with Gasteiger partial charge in [-0.1, -0.05) is 0 Å². The Morgan fingerprint density at radius 2 is 1.21 bits per heavy atom. The molecule has 14 heavy (non-hydrogen) atoms. The van der Waals surface area contributed by atoms with E-state index in [1.54, 1.807) is 0 Å². The van der Waals surface area contributed by atoms with Crippen LogP contribution in [0.3, 0.4) is 0 Å². The van der Waals surface area contributed by atoms with Crippen LogP contribution in [0.5, 0.6) is 0 Å². The first-order valence-electron chi connectivity index (χ1n) is 4.21. The summed E-state index contributed by atoms with van der Waals surface area (Å²) in [5.74, 6) is 0. The molecule has 5 heteroatoms. The standard InChI is InChI=1S/C9H19N.2ClH.Li.Mg.3H/c1-8(2)6-5-7-9(3,4)10-8;;;;;;;/h10H,5-7H2,1-4H3;2*1H;;;;;/q;;;+1;+2;3*-1. The van der Waals surface area contributed by atoms with Gasteiger partial charge in [0.1, 0.15) is 0 Å². The van der Waals surface area contributed by atoms with E-state index in [1.807, 2.05) is 0 Å². The molecule has 0 unspecified atom stereocenters. The summed E-state index contributed by atoms with van der Waals surface area (Å²) < 4.78 is 0. The molecule has 1 aliphatic rings. The zero-order chi connectivity index (χ0) is 7.83. The number of rotatable bonds is 0. The third kappa shape index (κ3) is 9.15. The van der Waals surface area contributed by atoms with Gasteiger partial charge >= 0.3 is 41.9 Å². The van der Waals surface area contributed by atoms with Crippen LogP contribution in [0.4, 0.5) is 0 Å². The summed E-state index contributed by atoms with van der Waals surface area (Å²) in [6.45, 7) is 9.14. The van der Waals surface area contributed by atoms with Crippen LogP contribution in [0.2, 0.25) is 0 Å². The summed E-state index contributed by atoms with van der Waals surface area (Å²) in [5.41, 5.74) is 0.726. The van der Waals surface area contributed by atoms with Crippen molar-refractivity contribution in [2.45, 2.75) is 58.0 Å². The molecule has 0 spiro atoms. The molecule has 0 aromatic rings. The fourth-order valence-corrected chi connectivity index (χ4v) is 2.01. The fourth-order valence-electron chi connectivity index (χ4n) is 2.01. The van der Waals surface area contributed by atoms with Gasteiger partial charge in [-0.3, -0.25) is 0 Å². The average Bonchev–Trinajstić information content (AvgIpc) is 1.56. The minimum Gasteiger partial charge on any atom is -1.00 e. The molecular formula is C9H24Cl2LiMgN. The zero-order valence-corrected chi connectivity index (χ0v) is 13.2. The van der Waals surface area contributed by atoms with Crippen LogP contribution >= 0.6 is 24.8 Å². The first kappa shape index (κ1) is 24.9. The van der Waals surface area contributed by atoms with E-state index in [2.05, 4.69) is 33.0 Å². The summed E-state index contributed by atoms with van der Waals surface area (Å²) in [4.78, 5) is 0. The molecule has 0 aromatic carbocycles. The van der Waals surface area contributed by atoms with E-state index >= 15 is 0 Å². The van der Waals surface area contributed by atoms with Crippen molar-refractivity contribution in [2.24, 2.45) is 0 Å². The Balaban J connectivity index is -0.0000000286. The van der Waals surface area contributed by atoms with Crippen molar-refractivity contribution >= 4 is 47.9 Å². The normalized spacial score (nSPS) is 21.4. The molecule has 0 atom stereocenters. The van der Waals surface area contributed by atoms with Crippen LogP contribution in [0.1, 0.15) is 51.2 Å². The number of halogens is 2. The molecule has 1 fully saturated rings. The summed E-state index contributed by atoms with van der Waals surface area (Å²) in [6, 6.07) is 0. The van der Waals surface area contributed by atoms with Crippen molar-refractivity contribution in [3.05, 3.63) is 0 Å². The maximum atomic E-state index is 3.63. The van der Waals surface area contributed by atoms with Crippen LogP contribution in [-0.4, -0.2) is 34.1 Å². The van der Waals surface area contributed by atoms with E-state index in [1.165, 1.54) is 19.3 Å². The SMILES string of the molecule is CC1(C)CCCC(C)(C)N1.Cl.Cl.[H-].[H-].[H-].[Li+].[Mg+2]. The minimum absolute atomic E-state index is 0. The van der Waals surface area contributed by atoms with Gasteiger partial charge in [0.25, 0.3) is 0 Å². The number of hydrogen-bond donors (Lipinski definition) is 1. The molecule has 0 bridgehead atoms. The van der Waals surface area contributed by atoms with Crippen molar-refractivity contribution in [2.75, 3.05) is 0 Å². The molecule has 0 aliphatic carbocycles. The van der Waals surface area contributed by atoms with E-state index in [-0.39, 0.29) is 71.0 Å². The molecule has 1 aliphatic heterocycles. The number of hydrogen-bond acceptors (Lipinski definition) is 1. The van der Waals surface area contributed by atoms with Crippen molar-refractivity contribution in [3.8, 4) is 0 Å². The van der Waals surface area contributed by atoms with Gasteiger partial charge in [-0.25, -0.2) is 0 Å². The van der Waals surface area contributed by atoms with Crippen LogP contribution in [0.25, 0.3) is 0 Å². The maximum Gasteiger partial charge on any atom is 2.00 e. The molecule has 1 rings (SSSR count). The molecule has 0 aromatic heterocycles. The van der Waals surface area contributed by atoms with Gasteiger partial charge < -0.3 is 9.60 Å². The zero-order valence-electron chi connectivity index (χ0n) is 13.1. The Morgan fingerprint density at radius 3 is 1.36 bits per heavy atom. The van der Waals surface area contributed by atoms with Gasteiger partial charge in [0.2, 0.25) is 0 Å². The van der Waals surface area contributed by atoms with Gasteiger partial charge in [0.15, 0.2) is 0 Å². The van der Waals surface area contributed by atoms with Crippen molar-refractivity contribution in [3.63, 3.8) is 0 Å². The van der Waals surface area contributed by atoms with Gasteiger partial charge in [0, 0.05) is 11.1 Å². The van der Waals surface area contributed by atoms with Crippen molar-refractivity contribution in [1.82, 2.24) is 5.32 Å². The first-order chi connectivity index (χ1) is 4.41. The first-order valence-corrected chi connectivity index (χ1v) is 4.21. The largest absolute Gasteiger partial charge is 2.00 e. The second-order valence-electron chi connectivity index (χ2n) is 4.75. The molecular weight excluding hydrogens is 224 g/mol. The topological polar surface area (TPSA) is 12.0 Å². The molecule has 0 amide bonds. The molecule has 1 N–H and O–H groups in total. The molecule has 82 valence electrons. The predicted molar refractivity (Wildman–Crippen MR) is 68.7 cm³/mol. The fraction of sp³-hybridized carbons (Fsp3) is 1.00. The molecule has 1 nitrogen and oxygen atoms in total.